The summed E-state index contributed by atoms with van der Waals surface area (Å²) in [6.07, 6.45) is -1.78. The molecule has 0 atom stereocenters. The minimum Gasteiger partial charge on any atom is -0.506 e. The Kier molecular flexibility index (Phi) is 4.37. The molecule has 0 aliphatic carbocycles. The van der Waals surface area contributed by atoms with Gasteiger partial charge in [-0.1, -0.05) is 0 Å². The van der Waals surface area contributed by atoms with Crippen molar-refractivity contribution in [2.45, 2.75) is 26.7 Å². The van der Waals surface area contributed by atoms with Crippen LogP contribution in [0.15, 0.2) is 6.20 Å². The summed E-state index contributed by atoms with van der Waals surface area (Å²) in [6, 6.07) is 0. The molecule has 0 saturated carbocycles. The number of carbonyl (C=O) groups excluding carboxylic acids is 1. The van der Waals surface area contributed by atoms with E-state index in [9.17, 15) is 18.7 Å². The summed E-state index contributed by atoms with van der Waals surface area (Å²) in [5.74, 6) is -1.05. The van der Waals surface area contributed by atoms with Crippen molar-refractivity contribution in [3.05, 3.63) is 23.0 Å². The fourth-order valence-electron chi connectivity index (χ4n) is 1.36. The standard InChI is InChI=1S/C11H13F2NO3/c1-3-17-8(15)4-7-5-14-9(11(12)13)10(16)6(7)2/h5,11,16H,3-4H2,1-2H3. The van der Waals surface area contributed by atoms with Crippen molar-refractivity contribution in [2.24, 2.45) is 0 Å². The number of halogens is 2. The SMILES string of the molecule is CCOC(=O)Cc1cnc(C(F)F)c(O)c1C. The van der Waals surface area contributed by atoms with Gasteiger partial charge in [0.25, 0.3) is 6.43 Å². The lowest BCUT2D eigenvalue weighted by Gasteiger charge is -2.10. The molecular weight excluding hydrogens is 232 g/mol. The second-order valence-corrected chi connectivity index (χ2v) is 3.42. The Morgan fingerprint density at radius 3 is 2.76 bits per heavy atom. The predicted molar refractivity (Wildman–Crippen MR) is 55.9 cm³/mol. The number of carbonyl (C=O) groups is 1. The second kappa shape index (κ2) is 5.56. The summed E-state index contributed by atoms with van der Waals surface area (Å²) in [7, 11) is 0. The highest BCUT2D eigenvalue weighted by Crippen LogP contribution is 2.30. The molecule has 6 heteroatoms. The average Bonchev–Trinajstić information content (AvgIpc) is 2.25. The first kappa shape index (κ1) is 13.3. The van der Waals surface area contributed by atoms with Gasteiger partial charge in [-0.2, -0.15) is 0 Å². The van der Waals surface area contributed by atoms with E-state index in [0.29, 0.717) is 5.56 Å². The number of pyridine rings is 1. The van der Waals surface area contributed by atoms with Crippen molar-refractivity contribution in [2.75, 3.05) is 6.61 Å². The fourth-order valence-corrected chi connectivity index (χ4v) is 1.36. The maximum Gasteiger partial charge on any atom is 0.310 e. The summed E-state index contributed by atoms with van der Waals surface area (Å²) < 4.78 is 29.5. The van der Waals surface area contributed by atoms with Gasteiger partial charge >= 0.3 is 5.97 Å². The van der Waals surface area contributed by atoms with Crippen molar-refractivity contribution in [3.8, 4) is 5.75 Å². The number of aromatic nitrogens is 1. The van der Waals surface area contributed by atoms with Crippen LogP contribution in [0.5, 0.6) is 5.75 Å². The van der Waals surface area contributed by atoms with Gasteiger partial charge in [0.05, 0.1) is 13.0 Å². The predicted octanol–water partition coefficient (Wildman–Crippen LogP) is 2.14. The van der Waals surface area contributed by atoms with Gasteiger partial charge < -0.3 is 9.84 Å². The highest BCUT2D eigenvalue weighted by atomic mass is 19.3. The molecule has 17 heavy (non-hydrogen) atoms. The topological polar surface area (TPSA) is 59.4 Å². The van der Waals surface area contributed by atoms with Crippen LogP contribution in [0.25, 0.3) is 0 Å². The summed E-state index contributed by atoms with van der Waals surface area (Å²) in [6.45, 7) is 3.37. The Morgan fingerprint density at radius 1 is 1.59 bits per heavy atom. The van der Waals surface area contributed by atoms with E-state index in [1.54, 1.807) is 6.92 Å². The molecule has 1 aromatic rings. The lowest BCUT2D eigenvalue weighted by molar-refractivity contribution is -0.142. The van der Waals surface area contributed by atoms with Crippen molar-refractivity contribution >= 4 is 5.97 Å². The summed E-state index contributed by atoms with van der Waals surface area (Å²) in [5.41, 5.74) is -0.0659. The second-order valence-electron chi connectivity index (χ2n) is 3.42. The maximum atomic E-state index is 12.4. The minimum absolute atomic E-state index is 0.0935. The Bertz CT molecular complexity index is 421. The van der Waals surface area contributed by atoms with E-state index in [0.717, 1.165) is 6.20 Å². The van der Waals surface area contributed by atoms with Gasteiger partial charge in [0, 0.05) is 6.20 Å². The van der Waals surface area contributed by atoms with Crippen LogP contribution < -0.4 is 0 Å². The van der Waals surface area contributed by atoms with Crippen LogP contribution in [-0.4, -0.2) is 22.7 Å². The van der Waals surface area contributed by atoms with Crippen molar-refractivity contribution in [1.29, 1.82) is 0 Å². The summed E-state index contributed by atoms with van der Waals surface area (Å²) in [5, 5.41) is 9.50. The van der Waals surface area contributed by atoms with Crippen molar-refractivity contribution in [3.63, 3.8) is 0 Å². The lowest BCUT2D eigenvalue weighted by atomic mass is 10.1. The number of nitrogens with zero attached hydrogens (tertiary/aromatic N) is 1. The number of hydrogen-bond donors (Lipinski definition) is 1. The first-order chi connectivity index (χ1) is 7.97. The number of aromatic hydroxyl groups is 1. The van der Waals surface area contributed by atoms with Gasteiger partial charge in [-0.15, -0.1) is 0 Å². The molecule has 0 bridgehead atoms. The average molecular weight is 245 g/mol. The zero-order valence-electron chi connectivity index (χ0n) is 9.54. The summed E-state index contributed by atoms with van der Waals surface area (Å²) in [4.78, 5) is 14.7. The molecule has 4 nitrogen and oxygen atoms in total. The molecule has 0 radical (unpaired) electrons. The third-order valence-electron chi connectivity index (χ3n) is 2.29. The van der Waals surface area contributed by atoms with E-state index in [-0.39, 0.29) is 18.6 Å². The van der Waals surface area contributed by atoms with Gasteiger partial charge in [0.2, 0.25) is 0 Å². The smallest absolute Gasteiger partial charge is 0.310 e. The van der Waals surface area contributed by atoms with Crippen LogP contribution in [0, 0.1) is 6.92 Å². The molecular formula is C11H13F2NO3. The van der Waals surface area contributed by atoms with Gasteiger partial charge in [0.1, 0.15) is 11.4 Å². The highest BCUT2D eigenvalue weighted by Gasteiger charge is 2.19. The molecule has 0 amide bonds. The van der Waals surface area contributed by atoms with E-state index in [2.05, 4.69) is 4.98 Å². The molecule has 94 valence electrons. The van der Waals surface area contributed by atoms with Crippen LogP contribution >= 0.6 is 0 Å². The fraction of sp³-hybridized carbons (Fsp3) is 0.455. The van der Waals surface area contributed by atoms with Crippen molar-refractivity contribution < 1.29 is 23.4 Å². The van der Waals surface area contributed by atoms with E-state index in [4.69, 9.17) is 4.74 Å². The van der Waals surface area contributed by atoms with E-state index in [1.807, 2.05) is 0 Å². The van der Waals surface area contributed by atoms with Gasteiger partial charge in [-0.05, 0) is 25.0 Å². The lowest BCUT2D eigenvalue weighted by Crippen LogP contribution is -2.09. The third-order valence-corrected chi connectivity index (χ3v) is 2.29. The monoisotopic (exact) mass is 245 g/mol. The molecule has 0 spiro atoms. The Balaban J connectivity index is 2.96. The van der Waals surface area contributed by atoms with Crippen molar-refractivity contribution in [1.82, 2.24) is 4.98 Å². The molecule has 0 aliphatic rings. The number of rotatable bonds is 4. The molecule has 1 aromatic heterocycles. The molecule has 0 aromatic carbocycles. The minimum atomic E-state index is -2.84. The van der Waals surface area contributed by atoms with Gasteiger partial charge in [0.15, 0.2) is 0 Å². The Morgan fingerprint density at radius 2 is 2.24 bits per heavy atom. The van der Waals surface area contributed by atoms with Crippen LogP contribution in [0.1, 0.15) is 30.2 Å². The molecule has 1 rings (SSSR count). The number of alkyl halides is 2. The van der Waals surface area contributed by atoms with Crippen LogP contribution in [0.2, 0.25) is 0 Å². The first-order valence-corrected chi connectivity index (χ1v) is 5.08. The number of ether oxygens (including phenoxy) is 1. The molecule has 0 fully saturated rings. The van der Waals surface area contributed by atoms with Crippen LogP contribution in [0.3, 0.4) is 0 Å². The largest absolute Gasteiger partial charge is 0.506 e. The first-order valence-electron chi connectivity index (χ1n) is 5.08. The maximum absolute atomic E-state index is 12.4. The van der Waals surface area contributed by atoms with E-state index in [1.165, 1.54) is 6.92 Å². The zero-order chi connectivity index (χ0) is 13.0. The quantitative estimate of drug-likeness (QED) is 0.825. The third kappa shape index (κ3) is 3.12. The zero-order valence-corrected chi connectivity index (χ0v) is 9.54. The number of hydrogen-bond acceptors (Lipinski definition) is 4. The molecule has 0 saturated heterocycles. The van der Waals surface area contributed by atoms with Crippen LogP contribution in [0.4, 0.5) is 8.78 Å². The van der Waals surface area contributed by atoms with Gasteiger partial charge in [-0.3, -0.25) is 9.78 Å². The highest BCUT2D eigenvalue weighted by molar-refractivity contribution is 5.73. The van der Waals surface area contributed by atoms with Crippen LogP contribution in [-0.2, 0) is 16.0 Å². The Hall–Kier alpha value is -1.72. The summed E-state index contributed by atoms with van der Waals surface area (Å²) >= 11 is 0. The molecule has 1 N–H and O–H groups in total. The van der Waals surface area contributed by atoms with E-state index < -0.39 is 23.8 Å². The normalized spacial score (nSPS) is 10.6. The molecule has 1 heterocycles. The van der Waals surface area contributed by atoms with Gasteiger partial charge in [-0.25, -0.2) is 8.78 Å². The number of esters is 1. The molecule has 0 aliphatic heterocycles. The Labute approximate surface area is 97.2 Å². The molecule has 0 unspecified atom stereocenters. The van der Waals surface area contributed by atoms with E-state index >= 15 is 0 Å².